The third-order valence-corrected chi connectivity index (χ3v) is 6.08. The molecule has 2 aliphatic heterocycles. The minimum absolute atomic E-state index is 0.0633. The molecule has 5 rings (SSSR count). The van der Waals surface area contributed by atoms with E-state index in [1.165, 1.54) is 0 Å². The predicted octanol–water partition coefficient (Wildman–Crippen LogP) is 4.44. The van der Waals surface area contributed by atoms with Crippen LogP contribution in [0.15, 0.2) is 78.9 Å². The topological polar surface area (TPSA) is 73.3 Å². The van der Waals surface area contributed by atoms with Gasteiger partial charge in [0.2, 0.25) is 0 Å². The first-order valence-electron chi connectivity index (χ1n) is 11.0. The van der Waals surface area contributed by atoms with E-state index in [-0.39, 0.29) is 11.9 Å². The minimum atomic E-state index is -0.726. The maximum Gasteiger partial charge on any atom is 0.329 e. The lowest BCUT2D eigenvalue weighted by molar-refractivity contribution is -0.147. The number of carboxylic acids is 1. The van der Waals surface area contributed by atoms with Crippen molar-refractivity contribution in [3.8, 4) is 11.5 Å². The van der Waals surface area contributed by atoms with Crippen LogP contribution in [0.1, 0.15) is 5.56 Å². The number of carbonyl (C=O) groups is 2. The third kappa shape index (κ3) is 4.54. The smallest absolute Gasteiger partial charge is 0.329 e. The summed E-state index contributed by atoms with van der Waals surface area (Å²) in [5, 5.41) is 9.01. The lowest BCUT2D eigenvalue weighted by Crippen LogP contribution is -2.49. The maximum absolute atomic E-state index is 13.1. The van der Waals surface area contributed by atoms with Gasteiger partial charge >= 0.3 is 12.0 Å². The summed E-state index contributed by atoms with van der Waals surface area (Å²) in [4.78, 5) is 29.7. The van der Waals surface area contributed by atoms with Crippen LogP contribution in [-0.4, -0.2) is 48.2 Å². The molecule has 0 bridgehead atoms. The average molecular weight is 444 g/mol. The molecule has 3 aromatic rings. The Morgan fingerprint density at radius 3 is 2.21 bits per heavy atom. The molecule has 7 heteroatoms. The van der Waals surface area contributed by atoms with E-state index in [2.05, 4.69) is 4.90 Å². The largest absolute Gasteiger partial charge is 0.481 e. The Morgan fingerprint density at radius 2 is 1.52 bits per heavy atom. The number of rotatable bonds is 7. The molecule has 0 atom stereocenters. The molecule has 0 saturated carbocycles. The Bertz CT molecular complexity index is 1140. The second-order valence-electron chi connectivity index (χ2n) is 8.39. The highest BCUT2D eigenvalue weighted by atomic mass is 16.5. The van der Waals surface area contributed by atoms with E-state index < -0.39 is 5.97 Å². The molecule has 33 heavy (non-hydrogen) atoms. The summed E-state index contributed by atoms with van der Waals surface area (Å²) in [6.07, 6.45) is 0. The predicted molar refractivity (Wildman–Crippen MR) is 126 cm³/mol. The number of para-hydroxylation sites is 1. The van der Waals surface area contributed by atoms with Gasteiger partial charge in [-0.3, -0.25) is 19.5 Å². The maximum atomic E-state index is 13.1. The Labute approximate surface area is 192 Å². The first-order valence-corrected chi connectivity index (χ1v) is 11.0. The molecule has 7 nitrogen and oxygen atoms in total. The van der Waals surface area contributed by atoms with Crippen molar-refractivity contribution in [1.29, 1.82) is 0 Å². The molecule has 0 radical (unpaired) electrons. The summed E-state index contributed by atoms with van der Waals surface area (Å²) in [5.74, 6) is 0.455. The van der Waals surface area contributed by atoms with Gasteiger partial charge < -0.3 is 9.84 Å². The van der Waals surface area contributed by atoms with Crippen molar-refractivity contribution in [3.63, 3.8) is 0 Å². The van der Waals surface area contributed by atoms with Gasteiger partial charge in [0.25, 0.3) is 0 Å². The van der Waals surface area contributed by atoms with Crippen LogP contribution in [0.5, 0.6) is 11.5 Å². The molecule has 0 spiro atoms. The van der Waals surface area contributed by atoms with E-state index in [4.69, 9.17) is 9.84 Å². The molecule has 2 heterocycles. The van der Waals surface area contributed by atoms with Crippen molar-refractivity contribution in [2.45, 2.75) is 6.54 Å². The van der Waals surface area contributed by atoms with Crippen molar-refractivity contribution in [1.82, 2.24) is 4.90 Å². The first kappa shape index (κ1) is 21.0. The molecular weight excluding hydrogens is 418 g/mol. The van der Waals surface area contributed by atoms with Gasteiger partial charge in [0, 0.05) is 50.2 Å². The molecule has 0 aliphatic carbocycles. The Hall–Kier alpha value is -3.84. The van der Waals surface area contributed by atoms with E-state index in [0.29, 0.717) is 31.9 Å². The van der Waals surface area contributed by atoms with Crippen LogP contribution < -0.4 is 14.5 Å². The van der Waals surface area contributed by atoms with E-state index in [1.807, 2.05) is 78.9 Å². The Balaban J connectivity index is 1.22. The number of carboxylic acid groups (broad SMARTS) is 1. The van der Waals surface area contributed by atoms with Crippen LogP contribution in [-0.2, 0) is 11.3 Å². The quantitative estimate of drug-likeness (QED) is 0.584. The van der Waals surface area contributed by atoms with Gasteiger partial charge in [0.1, 0.15) is 11.5 Å². The van der Waals surface area contributed by atoms with Crippen molar-refractivity contribution >= 4 is 23.4 Å². The zero-order valence-corrected chi connectivity index (χ0v) is 18.1. The van der Waals surface area contributed by atoms with Crippen LogP contribution in [0.4, 0.5) is 16.2 Å². The molecule has 1 N–H and O–H groups in total. The van der Waals surface area contributed by atoms with Gasteiger partial charge in [0.15, 0.2) is 0 Å². The second-order valence-corrected chi connectivity index (χ2v) is 8.39. The summed E-state index contributed by atoms with van der Waals surface area (Å²) in [6.45, 7) is 3.10. The average Bonchev–Trinajstić information content (AvgIpc) is 3.18. The number of benzene rings is 3. The number of aliphatic carboxylic acids is 1. The summed E-state index contributed by atoms with van der Waals surface area (Å²) >= 11 is 0. The standard InChI is InChI=1S/C26H25N3O4/c30-25(31)20-17-27(18-20)16-19-9-11-21(12-10-19)28-13-14-29(26(28)32)22-5-4-8-24(15-22)33-23-6-2-1-3-7-23/h1-12,15,20H,13-14,16-18H2,(H,30,31). The Kier molecular flexibility index (Phi) is 5.71. The number of ether oxygens (including phenoxy) is 1. The normalized spacial score (nSPS) is 16.7. The van der Waals surface area contributed by atoms with E-state index in [9.17, 15) is 9.59 Å². The first-order chi connectivity index (χ1) is 16.1. The number of hydrogen-bond acceptors (Lipinski definition) is 4. The monoisotopic (exact) mass is 443 g/mol. The van der Waals surface area contributed by atoms with Crippen LogP contribution >= 0.6 is 0 Å². The lowest BCUT2D eigenvalue weighted by atomic mass is 9.99. The molecule has 3 aromatic carbocycles. The highest BCUT2D eigenvalue weighted by Crippen LogP contribution is 2.30. The Morgan fingerprint density at radius 1 is 0.848 bits per heavy atom. The van der Waals surface area contributed by atoms with Crippen molar-refractivity contribution < 1.29 is 19.4 Å². The van der Waals surface area contributed by atoms with Gasteiger partial charge in [-0.25, -0.2) is 4.79 Å². The zero-order valence-electron chi connectivity index (χ0n) is 18.1. The number of hydrogen-bond donors (Lipinski definition) is 1. The molecule has 0 aromatic heterocycles. The van der Waals surface area contributed by atoms with Crippen molar-refractivity contribution in [2.24, 2.45) is 5.92 Å². The fourth-order valence-corrected chi connectivity index (χ4v) is 4.25. The number of amides is 2. The number of likely N-dealkylation sites (tertiary alicyclic amines) is 1. The fraction of sp³-hybridized carbons (Fsp3) is 0.231. The highest BCUT2D eigenvalue weighted by molar-refractivity contribution is 6.06. The molecular formula is C26H25N3O4. The molecule has 2 aliphatic rings. The molecule has 168 valence electrons. The summed E-state index contributed by atoms with van der Waals surface area (Å²) < 4.78 is 5.92. The van der Waals surface area contributed by atoms with Gasteiger partial charge in [-0.15, -0.1) is 0 Å². The van der Waals surface area contributed by atoms with E-state index in [0.717, 1.165) is 29.2 Å². The van der Waals surface area contributed by atoms with Crippen LogP contribution in [0, 0.1) is 5.92 Å². The van der Waals surface area contributed by atoms with Crippen LogP contribution in [0.25, 0.3) is 0 Å². The molecule has 0 unspecified atom stereocenters. The minimum Gasteiger partial charge on any atom is -0.481 e. The summed E-state index contributed by atoms with van der Waals surface area (Å²) in [7, 11) is 0. The molecule has 2 fully saturated rings. The van der Waals surface area contributed by atoms with Crippen LogP contribution in [0.3, 0.4) is 0 Å². The summed E-state index contributed by atoms with van der Waals surface area (Å²) in [5.41, 5.74) is 2.77. The highest BCUT2D eigenvalue weighted by Gasteiger charge is 2.33. The van der Waals surface area contributed by atoms with Crippen molar-refractivity contribution in [2.75, 3.05) is 36.0 Å². The molecule has 2 amide bonds. The van der Waals surface area contributed by atoms with Gasteiger partial charge in [0.05, 0.1) is 5.92 Å². The number of urea groups is 1. The number of carbonyl (C=O) groups excluding carboxylic acids is 1. The van der Waals surface area contributed by atoms with Crippen LogP contribution in [0.2, 0.25) is 0 Å². The zero-order chi connectivity index (χ0) is 22.8. The van der Waals surface area contributed by atoms with E-state index >= 15 is 0 Å². The number of anilines is 2. The van der Waals surface area contributed by atoms with Gasteiger partial charge in [-0.2, -0.15) is 0 Å². The second kappa shape index (κ2) is 8.96. The van der Waals surface area contributed by atoms with E-state index in [1.54, 1.807) is 9.80 Å². The van der Waals surface area contributed by atoms with Gasteiger partial charge in [-0.05, 0) is 42.0 Å². The molecule has 2 saturated heterocycles. The number of nitrogens with zero attached hydrogens (tertiary/aromatic N) is 3. The van der Waals surface area contributed by atoms with Gasteiger partial charge in [-0.1, -0.05) is 36.4 Å². The third-order valence-electron chi connectivity index (χ3n) is 6.08. The lowest BCUT2D eigenvalue weighted by Gasteiger charge is -2.36. The fourth-order valence-electron chi connectivity index (χ4n) is 4.25. The van der Waals surface area contributed by atoms with Crippen molar-refractivity contribution in [3.05, 3.63) is 84.4 Å². The summed E-state index contributed by atoms with van der Waals surface area (Å²) in [6, 6.07) is 25.0. The SMILES string of the molecule is O=C(O)C1CN(Cc2ccc(N3CCN(c4cccc(Oc5ccccc5)c4)C3=O)cc2)C1.